The molecule has 1 aliphatic heterocycles. The van der Waals surface area contributed by atoms with Gasteiger partial charge in [-0.1, -0.05) is 30.0 Å². The first-order chi connectivity index (χ1) is 4.97. The summed E-state index contributed by atoms with van der Waals surface area (Å²) in [6, 6.07) is 8.32. The molecule has 0 spiro atoms. The first-order valence-corrected chi connectivity index (χ1v) is 4.32. The largest absolute Gasteiger partial charge is 0.408 e. The van der Waals surface area contributed by atoms with Crippen LogP contribution in [0.4, 0.5) is 5.69 Å². The van der Waals surface area contributed by atoms with Crippen LogP contribution in [0.25, 0.3) is 6.08 Å². The van der Waals surface area contributed by atoms with Crippen molar-refractivity contribution in [3.05, 3.63) is 35.5 Å². The van der Waals surface area contributed by atoms with Crippen molar-refractivity contribution in [3.8, 4) is 0 Å². The van der Waals surface area contributed by atoms with Crippen molar-refractivity contribution in [2.75, 3.05) is 4.98 Å². The minimum atomic E-state index is 0.738. The van der Waals surface area contributed by atoms with E-state index in [0.29, 0.717) is 0 Å². The predicted octanol–water partition coefficient (Wildman–Crippen LogP) is 1.70. The van der Waals surface area contributed by atoms with Crippen molar-refractivity contribution in [2.24, 2.45) is 0 Å². The first kappa shape index (κ1) is 5.74. The molecular formula is C8H7NSi. The van der Waals surface area contributed by atoms with Gasteiger partial charge in [0.05, 0.1) is 0 Å². The third kappa shape index (κ3) is 0.865. The molecule has 0 aromatic heterocycles. The first-order valence-electron chi connectivity index (χ1n) is 3.24. The second kappa shape index (κ2) is 2.31. The number of para-hydroxylation sites is 1. The molecule has 0 saturated carbocycles. The van der Waals surface area contributed by atoms with Gasteiger partial charge in [0.2, 0.25) is 9.68 Å². The second-order valence-corrected chi connectivity index (χ2v) is 3.06. The van der Waals surface area contributed by atoms with Crippen LogP contribution in [-0.4, -0.2) is 9.68 Å². The molecule has 2 rings (SSSR count). The summed E-state index contributed by atoms with van der Waals surface area (Å²) in [4.78, 5) is 3.30. The van der Waals surface area contributed by atoms with Gasteiger partial charge in [0.1, 0.15) is 0 Å². The third-order valence-corrected chi connectivity index (χ3v) is 2.26. The molecule has 1 aromatic carbocycles. The molecule has 0 atom stereocenters. The van der Waals surface area contributed by atoms with E-state index in [9.17, 15) is 0 Å². The second-order valence-electron chi connectivity index (χ2n) is 2.19. The number of hydrogen-bond acceptors (Lipinski definition) is 1. The van der Waals surface area contributed by atoms with Gasteiger partial charge in [-0.05, 0) is 11.6 Å². The maximum Gasteiger partial charge on any atom is 0.210 e. The molecule has 48 valence electrons. The maximum absolute atomic E-state index is 3.30. The van der Waals surface area contributed by atoms with Crippen LogP contribution in [-0.2, 0) is 0 Å². The highest BCUT2D eigenvalue weighted by molar-refractivity contribution is 6.48. The lowest BCUT2D eigenvalue weighted by molar-refractivity contribution is 1.61. The van der Waals surface area contributed by atoms with Crippen LogP contribution < -0.4 is 4.98 Å². The van der Waals surface area contributed by atoms with Crippen LogP contribution in [0.2, 0.25) is 0 Å². The number of fused-ring (bicyclic) bond motifs is 1. The summed E-state index contributed by atoms with van der Waals surface area (Å²) in [6.07, 6.45) is 2.16. The van der Waals surface area contributed by atoms with E-state index in [4.69, 9.17) is 0 Å². The summed E-state index contributed by atoms with van der Waals surface area (Å²) in [5, 5.41) is 0. The Bertz CT molecular complexity index is 268. The summed E-state index contributed by atoms with van der Waals surface area (Å²) in [5.41, 5.74) is 4.70. The van der Waals surface area contributed by atoms with E-state index in [0.717, 1.165) is 9.68 Å². The highest BCUT2D eigenvalue weighted by Crippen LogP contribution is 2.18. The number of nitrogens with one attached hydrogen (secondary N) is 1. The van der Waals surface area contributed by atoms with Crippen molar-refractivity contribution in [1.82, 2.24) is 0 Å². The Hall–Kier alpha value is -1.02. The van der Waals surface area contributed by atoms with Gasteiger partial charge in [0.25, 0.3) is 0 Å². The van der Waals surface area contributed by atoms with Gasteiger partial charge in [-0.15, -0.1) is 0 Å². The van der Waals surface area contributed by atoms with E-state index in [1.54, 1.807) is 0 Å². The van der Waals surface area contributed by atoms with Gasteiger partial charge in [0, 0.05) is 5.69 Å². The standard InChI is InChI=1S/C8H7NSi/c1-2-4-8-7(3-1)5-6-10-9-8/h1-6,9H. The molecule has 0 fully saturated rings. The normalized spacial score (nSPS) is 14.0. The molecule has 0 unspecified atom stereocenters. The molecule has 0 saturated heterocycles. The Morgan fingerprint density at radius 3 is 3.00 bits per heavy atom. The highest BCUT2D eigenvalue weighted by atomic mass is 28.2. The summed E-state index contributed by atoms with van der Waals surface area (Å²) < 4.78 is 0. The summed E-state index contributed by atoms with van der Waals surface area (Å²) in [5.74, 6) is 0. The van der Waals surface area contributed by atoms with Crippen LogP contribution in [0.1, 0.15) is 5.56 Å². The number of hydrogen-bond donors (Lipinski definition) is 1. The molecule has 1 aromatic rings. The van der Waals surface area contributed by atoms with Crippen molar-refractivity contribution in [3.63, 3.8) is 0 Å². The Kier molecular flexibility index (Phi) is 1.32. The van der Waals surface area contributed by atoms with Crippen LogP contribution in [0.15, 0.2) is 30.0 Å². The van der Waals surface area contributed by atoms with Gasteiger partial charge in [-0.25, -0.2) is 0 Å². The van der Waals surface area contributed by atoms with E-state index in [1.807, 2.05) is 0 Å². The summed E-state index contributed by atoms with van der Waals surface area (Å²) >= 11 is 0. The highest BCUT2D eigenvalue weighted by Gasteiger charge is 2.00. The molecule has 1 N–H and O–H groups in total. The molecule has 1 heterocycles. The van der Waals surface area contributed by atoms with Gasteiger partial charge in [-0.2, -0.15) is 0 Å². The van der Waals surface area contributed by atoms with Crippen LogP contribution in [0, 0.1) is 0 Å². The quantitative estimate of drug-likeness (QED) is 0.548. The Labute approximate surface area is 62.7 Å². The lowest BCUT2D eigenvalue weighted by Gasteiger charge is -2.10. The minimum absolute atomic E-state index is 0.738. The molecule has 2 heteroatoms. The Balaban J connectivity index is 2.54. The molecule has 1 aliphatic rings. The van der Waals surface area contributed by atoms with Crippen LogP contribution in [0.5, 0.6) is 0 Å². The van der Waals surface area contributed by atoms with Gasteiger partial charge < -0.3 is 4.98 Å². The van der Waals surface area contributed by atoms with E-state index in [2.05, 4.69) is 41.0 Å². The fourth-order valence-electron chi connectivity index (χ4n) is 1.01. The topological polar surface area (TPSA) is 12.0 Å². The average Bonchev–Trinajstić information content (AvgIpc) is 2.05. The van der Waals surface area contributed by atoms with E-state index >= 15 is 0 Å². The lowest BCUT2D eigenvalue weighted by atomic mass is 10.2. The van der Waals surface area contributed by atoms with Crippen molar-refractivity contribution < 1.29 is 0 Å². The Morgan fingerprint density at radius 1 is 1.20 bits per heavy atom. The van der Waals surface area contributed by atoms with Gasteiger partial charge >= 0.3 is 0 Å². The number of benzene rings is 1. The van der Waals surface area contributed by atoms with E-state index in [1.165, 1.54) is 11.3 Å². The molecule has 1 nitrogen and oxygen atoms in total. The fraction of sp³-hybridized carbons (Fsp3) is 0. The molecule has 0 bridgehead atoms. The minimum Gasteiger partial charge on any atom is -0.408 e. The summed E-state index contributed by atoms with van der Waals surface area (Å²) in [6.45, 7) is 0. The van der Waals surface area contributed by atoms with Gasteiger partial charge in [0.15, 0.2) is 0 Å². The zero-order valence-corrected chi connectivity index (χ0v) is 6.46. The molecule has 2 radical (unpaired) electrons. The van der Waals surface area contributed by atoms with Crippen LogP contribution >= 0.6 is 0 Å². The average molecular weight is 145 g/mol. The van der Waals surface area contributed by atoms with Crippen molar-refractivity contribution in [1.29, 1.82) is 0 Å². The summed E-state index contributed by atoms with van der Waals surface area (Å²) in [7, 11) is 0.738. The van der Waals surface area contributed by atoms with Crippen molar-refractivity contribution in [2.45, 2.75) is 0 Å². The predicted molar refractivity (Wildman–Crippen MR) is 44.9 cm³/mol. The monoisotopic (exact) mass is 145 g/mol. The maximum atomic E-state index is 3.30. The smallest absolute Gasteiger partial charge is 0.210 e. The van der Waals surface area contributed by atoms with Crippen LogP contribution in [0.3, 0.4) is 0 Å². The third-order valence-electron chi connectivity index (χ3n) is 1.51. The number of anilines is 1. The van der Waals surface area contributed by atoms with E-state index < -0.39 is 0 Å². The molecular weight excluding hydrogens is 138 g/mol. The fourth-order valence-corrected chi connectivity index (χ4v) is 1.74. The Morgan fingerprint density at radius 2 is 2.10 bits per heavy atom. The zero-order chi connectivity index (χ0) is 6.81. The van der Waals surface area contributed by atoms with Crippen molar-refractivity contribution >= 4 is 21.4 Å². The lowest BCUT2D eigenvalue weighted by Crippen LogP contribution is -2.07. The molecule has 0 amide bonds. The zero-order valence-electron chi connectivity index (χ0n) is 5.46. The molecule has 0 aliphatic carbocycles. The molecule has 10 heavy (non-hydrogen) atoms. The SMILES string of the molecule is C1=Cc2ccccc2N[Si]1. The number of rotatable bonds is 0. The van der Waals surface area contributed by atoms with E-state index in [-0.39, 0.29) is 0 Å². The van der Waals surface area contributed by atoms with Gasteiger partial charge in [-0.3, -0.25) is 0 Å².